The Hall–Kier alpha value is -3.41. The van der Waals surface area contributed by atoms with Gasteiger partial charge in [0.1, 0.15) is 16.5 Å². The molecule has 0 fully saturated rings. The van der Waals surface area contributed by atoms with Crippen LogP contribution in [0.4, 0.5) is 4.79 Å². The topological polar surface area (TPSA) is 120 Å². The Labute approximate surface area is 215 Å². The Balaban J connectivity index is 1.57. The van der Waals surface area contributed by atoms with Crippen molar-refractivity contribution in [2.24, 2.45) is 4.99 Å². The SMILES string of the molecule is COc1ccc(S(=O)(=O)N(C)C/C=C/C(=O)N(C)Cc2ccc(C3=NCCN3C(=O)O)cc2)c(Cl)c1. The lowest BCUT2D eigenvalue weighted by Gasteiger charge is -2.18. The van der Waals surface area contributed by atoms with Crippen molar-refractivity contribution in [3.05, 3.63) is 70.8 Å². The molecule has 192 valence electrons. The number of hydrogen-bond donors (Lipinski definition) is 1. The second kappa shape index (κ2) is 11.5. The van der Waals surface area contributed by atoms with Crippen LogP contribution in [0.2, 0.25) is 5.02 Å². The van der Waals surface area contributed by atoms with E-state index in [0.29, 0.717) is 36.8 Å². The number of aliphatic imine (C=N–C) groups is 1. The predicted molar refractivity (Wildman–Crippen MR) is 136 cm³/mol. The third-order valence-electron chi connectivity index (χ3n) is 5.53. The van der Waals surface area contributed by atoms with Gasteiger partial charge in [-0.2, -0.15) is 4.31 Å². The van der Waals surface area contributed by atoms with Crippen molar-refractivity contribution in [1.29, 1.82) is 0 Å². The van der Waals surface area contributed by atoms with Gasteiger partial charge in [0.15, 0.2) is 0 Å². The number of methoxy groups -OCH3 is 1. The molecule has 1 aliphatic heterocycles. The first-order valence-electron chi connectivity index (χ1n) is 10.9. The number of hydrogen-bond acceptors (Lipinski definition) is 6. The van der Waals surface area contributed by atoms with E-state index in [0.717, 1.165) is 9.87 Å². The summed E-state index contributed by atoms with van der Waals surface area (Å²) >= 11 is 6.11. The molecule has 0 unspecified atom stereocenters. The van der Waals surface area contributed by atoms with Crippen LogP contribution < -0.4 is 4.74 Å². The van der Waals surface area contributed by atoms with Crippen molar-refractivity contribution < 1.29 is 27.9 Å². The molecule has 0 atom stereocenters. The van der Waals surface area contributed by atoms with Gasteiger partial charge >= 0.3 is 6.09 Å². The Kier molecular flexibility index (Phi) is 8.72. The van der Waals surface area contributed by atoms with Crippen LogP contribution in [0.3, 0.4) is 0 Å². The largest absolute Gasteiger partial charge is 0.497 e. The van der Waals surface area contributed by atoms with Crippen LogP contribution in [0, 0.1) is 0 Å². The number of sulfonamides is 1. The van der Waals surface area contributed by atoms with E-state index in [2.05, 4.69) is 4.99 Å². The third-order valence-corrected chi connectivity index (χ3v) is 7.84. The number of nitrogens with zero attached hydrogens (tertiary/aromatic N) is 4. The molecule has 1 N–H and O–H groups in total. The Morgan fingerprint density at radius 2 is 1.89 bits per heavy atom. The molecule has 10 nitrogen and oxygen atoms in total. The van der Waals surface area contributed by atoms with Crippen molar-refractivity contribution in [2.45, 2.75) is 11.4 Å². The molecule has 3 rings (SSSR count). The summed E-state index contributed by atoms with van der Waals surface area (Å²) in [7, 11) is 0.626. The number of likely N-dealkylation sites (N-methyl/N-ethyl adjacent to an activating group) is 2. The van der Waals surface area contributed by atoms with Gasteiger partial charge in [-0.25, -0.2) is 13.2 Å². The molecular weight excluding hydrogens is 508 g/mol. The zero-order valence-corrected chi connectivity index (χ0v) is 21.7. The lowest BCUT2D eigenvalue weighted by Crippen LogP contribution is -2.33. The number of carbonyl (C=O) groups is 2. The number of amides is 2. The maximum Gasteiger partial charge on any atom is 0.413 e. The van der Waals surface area contributed by atoms with Crippen molar-refractivity contribution in [2.75, 3.05) is 40.8 Å². The minimum atomic E-state index is -3.86. The van der Waals surface area contributed by atoms with E-state index < -0.39 is 16.1 Å². The van der Waals surface area contributed by atoms with Gasteiger partial charge in [0, 0.05) is 44.9 Å². The minimum Gasteiger partial charge on any atom is -0.497 e. The lowest BCUT2D eigenvalue weighted by molar-refractivity contribution is -0.125. The zero-order chi connectivity index (χ0) is 26.5. The summed E-state index contributed by atoms with van der Waals surface area (Å²) in [5, 5.41) is 9.31. The van der Waals surface area contributed by atoms with Crippen LogP contribution in [0.5, 0.6) is 5.75 Å². The van der Waals surface area contributed by atoms with E-state index in [4.69, 9.17) is 16.3 Å². The molecule has 0 bridgehead atoms. The molecule has 1 aliphatic rings. The van der Waals surface area contributed by atoms with Gasteiger partial charge in [-0.3, -0.25) is 14.7 Å². The fraction of sp³-hybridized carbons (Fsp3) is 0.292. The van der Waals surface area contributed by atoms with Gasteiger partial charge < -0.3 is 14.7 Å². The highest BCUT2D eigenvalue weighted by molar-refractivity contribution is 7.89. The molecule has 2 aromatic rings. The number of halogens is 1. The normalized spacial score (nSPS) is 13.8. The molecule has 0 aromatic heterocycles. The second-order valence-corrected chi connectivity index (χ2v) is 10.4. The van der Waals surface area contributed by atoms with E-state index in [1.165, 1.54) is 54.3 Å². The molecule has 0 aliphatic carbocycles. The van der Waals surface area contributed by atoms with Crippen molar-refractivity contribution in [1.82, 2.24) is 14.1 Å². The van der Waals surface area contributed by atoms with Crippen LogP contribution >= 0.6 is 11.6 Å². The molecule has 2 aromatic carbocycles. The minimum absolute atomic E-state index is 0.0266. The maximum absolute atomic E-state index is 12.8. The van der Waals surface area contributed by atoms with Crippen LogP contribution in [-0.2, 0) is 21.4 Å². The summed E-state index contributed by atoms with van der Waals surface area (Å²) in [6.07, 6.45) is 1.74. The van der Waals surface area contributed by atoms with E-state index >= 15 is 0 Å². The molecule has 12 heteroatoms. The molecule has 0 saturated carbocycles. The smallest absolute Gasteiger partial charge is 0.413 e. The number of carboxylic acid groups (broad SMARTS) is 1. The number of rotatable bonds is 9. The van der Waals surface area contributed by atoms with E-state index in [-0.39, 0.29) is 22.4 Å². The molecule has 0 radical (unpaired) electrons. The summed E-state index contributed by atoms with van der Waals surface area (Å²) in [5.74, 6) is 0.556. The van der Waals surface area contributed by atoms with Crippen LogP contribution in [0.15, 0.2) is 64.5 Å². The predicted octanol–water partition coefficient (Wildman–Crippen LogP) is 2.92. The van der Waals surface area contributed by atoms with Crippen molar-refractivity contribution in [3.63, 3.8) is 0 Å². The third kappa shape index (κ3) is 6.23. The van der Waals surface area contributed by atoms with E-state index in [1.807, 2.05) is 12.1 Å². The molecular formula is C24H27ClN4O6S. The summed E-state index contributed by atoms with van der Waals surface area (Å²) in [6.45, 7) is 1.05. The lowest BCUT2D eigenvalue weighted by atomic mass is 10.1. The number of carbonyl (C=O) groups excluding carboxylic acids is 1. The molecule has 0 saturated heterocycles. The fourth-order valence-corrected chi connectivity index (χ4v) is 5.13. The van der Waals surface area contributed by atoms with Crippen molar-refractivity contribution >= 4 is 39.5 Å². The first kappa shape index (κ1) is 27.2. The van der Waals surface area contributed by atoms with Gasteiger partial charge in [-0.05, 0) is 17.7 Å². The summed E-state index contributed by atoms with van der Waals surface area (Å²) in [6, 6.07) is 11.5. The average Bonchev–Trinajstić information content (AvgIpc) is 3.34. The fourth-order valence-electron chi connectivity index (χ4n) is 3.50. The first-order chi connectivity index (χ1) is 17.0. The maximum atomic E-state index is 12.8. The number of amidine groups is 1. The number of benzene rings is 2. The highest BCUT2D eigenvalue weighted by atomic mass is 35.5. The molecule has 1 heterocycles. The van der Waals surface area contributed by atoms with Crippen LogP contribution in [0.1, 0.15) is 11.1 Å². The molecule has 2 amide bonds. The van der Waals surface area contributed by atoms with Crippen LogP contribution in [-0.4, -0.2) is 86.3 Å². The van der Waals surface area contributed by atoms with Gasteiger partial charge in [0.2, 0.25) is 15.9 Å². The average molecular weight is 535 g/mol. The summed E-state index contributed by atoms with van der Waals surface area (Å²) in [5.41, 5.74) is 1.53. The molecule has 0 spiro atoms. The first-order valence-corrected chi connectivity index (χ1v) is 12.7. The summed E-state index contributed by atoms with van der Waals surface area (Å²) < 4.78 is 31.8. The second-order valence-electron chi connectivity index (χ2n) is 8.02. The molecule has 36 heavy (non-hydrogen) atoms. The Morgan fingerprint density at radius 3 is 2.50 bits per heavy atom. The summed E-state index contributed by atoms with van der Waals surface area (Å²) in [4.78, 5) is 30.7. The van der Waals surface area contributed by atoms with Gasteiger partial charge in [-0.15, -0.1) is 0 Å². The number of ether oxygens (including phenoxy) is 1. The standard InChI is InChI=1S/C24H27ClN4O6S/c1-27(16-17-6-8-18(9-7-17)23-26-12-14-29(23)24(31)32)22(30)5-4-13-28(2)36(33,34)21-11-10-19(35-3)15-20(21)25/h4-11,15H,12-14,16H2,1-3H3,(H,31,32)/b5-4+. The zero-order valence-electron chi connectivity index (χ0n) is 20.1. The van der Waals surface area contributed by atoms with Crippen LogP contribution in [0.25, 0.3) is 0 Å². The quantitative estimate of drug-likeness (QED) is 0.494. The Bertz CT molecular complexity index is 1290. The monoisotopic (exact) mass is 534 g/mol. The van der Waals surface area contributed by atoms with E-state index in [9.17, 15) is 23.1 Å². The van der Waals surface area contributed by atoms with Gasteiger partial charge in [0.25, 0.3) is 0 Å². The van der Waals surface area contributed by atoms with E-state index in [1.54, 1.807) is 19.2 Å². The Morgan fingerprint density at radius 1 is 1.19 bits per heavy atom. The highest BCUT2D eigenvalue weighted by Crippen LogP contribution is 2.28. The highest BCUT2D eigenvalue weighted by Gasteiger charge is 2.25. The van der Waals surface area contributed by atoms with Crippen molar-refractivity contribution in [3.8, 4) is 5.75 Å². The van der Waals surface area contributed by atoms with Gasteiger partial charge in [-0.1, -0.05) is 41.9 Å². The van der Waals surface area contributed by atoms with Gasteiger partial charge in [0.05, 0.1) is 25.2 Å².